The number of rotatable bonds is 3. The third-order valence-electron chi connectivity index (χ3n) is 4.27. The van der Waals surface area contributed by atoms with Crippen LogP contribution >= 0.6 is 23.2 Å². The highest BCUT2D eigenvalue weighted by molar-refractivity contribution is 6.42. The second kappa shape index (κ2) is 5.81. The van der Waals surface area contributed by atoms with Crippen LogP contribution in [0.5, 0.6) is 0 Å². The van der Waals surface area contributed by atoms with Crippen LogP contribution in [0, 0.1) is 5.92 Å². The molecule has 18 heavy (non-hydrogen) atoms. The van der Waals surface area contributed by atoms with Crippen molar-refractivity contribution in [1.82, 2.24) is 0 Å². The molecule has 0 bridgehead atoms. The first kappa shape index (κ1) is 14.2. The van der Waals surface area contributed by atoms with E-state index in [1.165, 1.54) is 24.8 Å². The van der Waals surface area contributed by atoms with E-state index in [4.69, 9.17) is 28.9 Å². The van der Waals surface area contributed by atoms with Gasteiger partial charge >= 0.3 is 0 Å². The van der Waals surface area contributed by atoms with E-state index in [1.54, 1.807) is 0 Å². The normalized spacial score (nSPS) is 28.3. The molecule has 0 aromatic heterocycles. The van der Waals surface area contributed by atoms with Crippen molar-refractivity contribution in [2.45, 2.75) is 51.0 Å². The summed E-state index contributed by atoms with van der Waals surface area (Å²) in [5.74, 6) is 0.626. The van der Waals surface area contributed by atoms with Gasteiger partial charge in [0.25, 0.3) is 0 Å². The maximum atomic E-state index is 6.66. The van der Waals surface area contributed by atoms with Gasteiger partial charge in [-0.1, -0.05) is 55.5 Å². The summed E-state index contributed by atoms with van der Waals surface area (Å²) in [5, 5.41) is 1.24. The number of hydrogen-bond acceptors (Lipinski definition) is 1. The van der Waals surface area contributed by atoms with Gasteiger partial charge in [0, 0.05) is 5.54 Å². The summed E-state index contributed by atoms with van der Waals surface area (Å²) in [4.78, 5) is 0. The van der Waals surface area contributed by atoms with Crippen LogP contribution in [0.15, 0.2) is 18.2 Å². The van der Waals surface area contributed by atoms with Crippen molar-refractivity contribution in [3.8, 4) is 0 Å². The first-order chi connectivity index (χ1) is 8.55. The Morgan fingerprint density at radius 1 is 1.28 bits per heavy atom. The third-order valence-corrected chi connectivity index (χ3v) is 5.01. The van der Waals surface area contributed by atoms with E-state index >= 15 is 0 Å². The number of hydrogen-bond donors (Lipinski definition) is 1. The summed E-state index contributed by atoms with van der Waals surface area (Å²) in [6.45, 7) is 2.24. The van der Waals surface area contributed by atoms with E-state index < -0.39 is 0 Å². The summed E-state index contributed by atoms with van der Waals surface area (Å²) in [6.07, 6.45) is 7.01. The van der Waals surface area contributed by atoms with Gasteiger partial charge in [-0.15, -0.1) is 0 Å². The molecule has 1 aliphatic carbocycles. The summed E-state index contributed by atoms with van der Waals surface area (Å²) >= 11 is 12.0. The number of benzene rings is 1. The topological polar surface area (TPSA) is 26.0 Å². The summed E-state index contributed by atoms with van der Waals surface area (Å²) < 4.78 is 0. The Labute approximate surface area is 120 Å². The molecule has 0 saturated heterocycles. The van der Waals surface area contributed by atoms with Gasteiger partial charge in [-0.05, 0) is 42.9 Å². The maximum Gasteiger partial charge on any atom is 0.0595 e. The lowest BCUT2D eigenvalue weighted by Crippen LogP contribution is -2.50. The van der Waals surface area contributed by atoms with E-state index in [9.17, 15) is 0 Å². The molecule has 0 heterocycles. The number of halogens is 2. The Bertz CT molecular complexity index is 419. The van der Waals surface area contributed by atoms with Crippen LogP contribution in [0.3, 0.4) is 0 Å². The molecule has 100 valence electrons. The summed E-state index contributed by atoms with van der Waals surface area (Å²) in [6, 6.07) is 5.87. The summed E-state index contributed by atoms with van der Waals surface area (Å²) in [7, 11) is 0. The molecule has 0 amide bonds. The monoisotopic (exact) mass is 285 g/mol. The Hall–Kier alpha value is -0.240. The van der Waals surface area contributed by atoms with Gasteiger partial charge < -0.3 is 5.73 Å². The van der Waals surface area contributed by atoms with E-state index in [-0.39, 0.29) is 5.54 Å². The molecular formula is C15H21Cl2N. The Morgan fingerprint density at radius 2 is 2.06 bits per heavy atom. The molecule has 2 atom stereocenters. The fraction of sp³-hybridized carbons (Fsp3) is 0.600. The van der Waals surface area contributed by atoms with Gasteiger partial charge in [-0.2, -0.15) is 0 Å². The first-order valence-electron chi connectivity index (χ1n) is 6.78. The molecule has 1 saturated carbocycles. The average molecular weight is 286 g/mol. The highest BCUT2D eigenvalue weighted by Crippen LogP contribution is 2.37. The zero-order chi connectivity index (χ0) is 13.2. The molecule has 2 unspecified atom stereocenters. The van der Waals surface area contributed by atoms with E-state index in [0.717, 1.165) is 19.3 Å². The predicted molar refractivity (Wildman–Crippen MR) is 79.3 cm³/mol. The van der Waals surface area contributed by atoms with Crippen molar-refractivity contribution in [3.05, 3.63) is 33.8 Å². The highest BCUT2D eigenvalue weighted by Gasteiger charge is 2.35. The average Bonchev–Trinajstić information content (AvgIpc) is 2.34. The SMILES string of the molecule is CCC1CCCCC1(N)Cc1ccc(Cl)c(Cl)c1. The fourth-order valence-electron chi connectivity index (χ4n) is 3.21. The van der Waals surface area contributed by atoms with Crippen LogP contribution in [0.25, 0.3) is 0 Å². The van der Waals surface area contributed by atoms with Crippen LogP contribution in [0.4, 0.5) is 0 Å². The van der Waals surface area contributed by atoms with E-state index in [0.29, 0.717) is 16.0 Å². The van der Waals surface area contributed by atoms with Gasteiger partial charge in [0.15, 0.2) is 0 Å². The molecule has 0 aliphatic heterocycles. The number of nitrogens with two attached hydrogens (primary N) is 1. The minimum atomic E-state index is -0.0653. The van der Waals surface area contributed by atoms with Crippen LogP contribution in [0.1, 0.15) is 44.6 Å². The van der Waals surface area contributed by atoms with E-state index in [2.05, 4.69) is 6.92 Å². The largest absolute Gasteiger partial charge is 0.325 e. The second-order valence-electron chi connectivity index (χ2n) is 5.51. The van der Waals surface area contributed by atoms with Crippen LogP contribution in [0.2, 0.25) is 10.0 Å². The smallest absolute Gasteiger partial charge is 0.0595 e. The predicted octanol–water partition coefficient (Wildman–Crippen LogP) is 4.83. The lowest BCUT2D eigenvalue weighted by Gasteiger charge is -2.41. The Kier molecular flexibility index (Phi) is 4.58. The van der Waals surface area contributed by atoms with Gasteiger partial charge in [0.05, 0.1) is 10.0 Å². The maximum absolute atomic E-state index is 6.66. The minimum absolute atomic E-state index is 0.0653. The summed E-state index contributed by atoms with van der Waals surface area (Å²) in [5.41, 5.74) is 7.79. The van der Waals surface area contributed by atoms with Gasteiger partial charge in [0.2, 0.25) is 0 Å². The van der Waals surface area contributed by atoms with Crippen molar-refractivity contribution in [3.63, 3.8) is 0 Å². The lowest BCUT2D eigenvalue weighted by atomic mass is 9.69. The molecule has 1 fully saturated rings. The van der Waals surface area contributed by atoms with Crippen molar-refractivity contribution < 1.29 is 0 Å². The third kappa shape index (κ3) is 3.01. The van der Waals surface area contributed by atoms with Crippen molar-refractivity contribution >= 4 is 23.2 Å². The van der Waals surface area contributed by atoms with Gasteiger partial charge in [0.1, 0.15) is 0 Å². The van der Waals surface area contributed by atoms with Crippen LogP contribution in [-0.2, 0) is 6.42 Å². The molecule has 1 aromatic rings. The van der Waals surface area contributed by atoms with Gasteiger partial charge in [-0.25, -0.2) is 0 Å². The molecule has 0 spiro atoms. The zero-order valence-corrected chi connectivity index (χ0v) is 12.4. The molecule has 2 N–H and O–H groups in total. The second-order valence-corrected chi connectivity index (χ2v) is 6.32. The first-order valence-corrected chi connectivity index (χ1v) is 7.53. The Balaban J connectivity index is 2.17. The van der Waals surface area contributed by atoms with E-state index in [1.807, 2.05) is 18.2 Å². The van der Waals surface area contributed by atoms with Gasteiger partial charge in [-0.3, -0.25) is 0 Å². The van der Waals surface area contributed by atoms with Crippen LogP contribution < -0.4 is 5.73 Å². The lowest BCUT2D eigenvalue weighted by molar-refractivity contribution is 0.182. The molecule has 1 nitrogen and oxygen atoms in total. The molecule has 0 radical (unpaired) electrons. The zero-order valence-electron chi connectivity index (χ0n) is 10.9. The highest BCUT2D eigenvalue weighted by atomic mass is 35.5. The molecule has 3 heteroatoms. The van der Waals surface area contributed by atoms with Crippen LogP contribution in [-0.4, -0.2) is 5.54 Å². The minimum Gasteiger partial charge on any atom is -0.325 e. The van der Waals surface area contributed by atoms with Crippen molar-refractivity contribution in [2.75, 3.05) is 0 Å². The molecule has 2 rings (SSSR count). The standard InChI is InChI=1S/C15H21Cl2N/c1-2-12-5-3-4-8-15(12,18)10-11-6-7-13(16)14(17)9-11/h6-7,9,12H,2-5,8,10,18H2,1H3. The quantitative estimate of drug-likeness (QED) is 0.845. The molecular weight excluding hydrogens is 265 g/mol. The van der Waals surface area contributed by atoms with Crippen molar-refractivity contribution in [2.24, 2.45) is 11.7 Å². The molecule has 1 aromatic carbocycles. The van der Waals surface area contributed by atoms with Crippen molar-refractivity contribution in [1.29, 1.82) is 0 Å². The molecule has 1 aliphatic rings. The Morgan fingerprint density at radius 3 is 2.72 bits per heavy atom. The fourth-order valence-corrected chi connectivity index (χ4v) is 3.53.